The normalized spacial score (nSPS) is 23.0. The molecule has 1 atom stereocenters. The third kappa shape index (κ3) is 3.02. The molecule has 2 fully saturated rings. The number of carbonyl (C=O) groups excluding carboxylic acids is 2. The molecule has 1 aromatic rings. The van der Waals surface area contributed by atoms with E-state index in [0.717, 1.165) is 12.8 Å². The Morgan fingerprint density at radius 3 is 2.81 bits per heavy atom. The summed E-state index contributed by atoms with van der Waals surface area (Å²) in [6.07, 6.45) is 2.16. The van der Waals surface area contributed by atoms with Gasteiger partial charge in [-0.3, -0.25) is 9.59 Å². The quantitative estimate of drug-likeness (QED) is 0.929. The van der Waals surface area contributed by atoms with Gasteiger partial charge in [-0.2, -0.15) is 0 Å². The molecule has 1 heterocycles. The molecule has 2 amide bonds. The molecular formula is C15H16ClFN2O2. The minimum absolute atomic E-state index is 0.0442. The number of hydrogen-bond donors (Lipinski definition) is 1. The van der Waals surface area contributed by atoms with Crippen LogP contribution in [-0.2, 0) is 16.1 Å². The fraction of sp³-hybridized carbons (Fsp3) is 0.467. The molecule has 2 aliphatic rings. The molecule has 3 rings (SSSR count). The van der Waals surface area contributed by atoms with Gasteiger partial charge in [-0.25, -0.2) is 4.39 Å². The lowest BCUT2D eigenvalue weighted by Crippen LogP contribution is -2.45. The monoisotopic (exact) mass is 310 g/mol. The van der Waals surface area contributed by atoms with E-state index in [-0.39, 0.29) is 35.7 Å². The zero-order valence-electron chi connectivity index (χ0n) is 11.4. The SMILES string of the molecule is O=C1CCN(Cc2cccc(Cl)c2F)C(=O)C(C2CC2)N1. The van der Waals surface area contributed by atoms with Gasteiger partial charge in [-0.15, -0.1) is 0 Å². The molecule has 4 nitrogen and oxygen atoms in total. The molecule has 1 aliphatic carbocycles. The van der Waals surface area contributed by atoms with E-state index in [1.165, 1.54) is 6.07 Å². The van der Waals surface area contributed by atoms with Crippen molar-refractivity contribution in [2.45, 2.75) is 31.8 Å². The van der Waals surface area contributed by atoms with E-state index in [0.29, 0.717) is 12.1 Å². The van der Waals surface area contributed by atoms with E-state index in [9.17, 15) is 14.0 Å². The topological polar surface area (TPSA) is 49.4 Å². The van der Waals surface area contributed by atoms with Crippen molar-refractivity contribution in [3.63, 3.8) is 0 Å². The van der Waals surface area contributed by atoms with Crippen molar-refractivity contribution in [3.8, 4) is 0 Å². The van der Waals surface area contributed by atoms with Gasteiger partial charge in [0.15, 0.2) is 0 Å². The number of amides is 2. The minimum Gasteiger partial charge on any atom is -0.344 e. The van der Waals surface area contributed by atoms with Crippen molar-refractivity contribution in [2.75, 3.05) is 6.54 Å². The molecule has 1 unspecified atom stereocenters. The Morgan fingerprint density at radius 1 is 1.33 bits per heavy atom. The van der Waals surface area contributed by atoms with Crippen LogP contribution in [0.15, 0.2) is 18.2 Å². The Labute approximate surface area is 127 Å². The largest absolute Gasteiger partial charge is 0.344 e. The number of nitrogens with one attached hydrogen (secondary N) is 1. The van der Waals surface area contributed by atoms with E-state index in [2.05, 4.69) is 5.32 Å². The van der Waals surface area contributed by atoms with Crippen LogP contribution >= 0.6 is 11.6 Å². The molecule has 1 aliphatic heterocycles. The lowest BCUT2D eigenvalue weighted by Gasteiger charge is -2.24. The molecule has 1 saturated carbocycles. The summed E-state index contributed by atoms with van der Waals surface area (Å²) in [6, 6.07) is 4.29. The van der Waals surface area contributed by atoms with Crippen molar-refractivity contribution in [1.82, 2.24) is 10.2 Å². The molecule has 0 spiro atoms. The summed E-state index contributed by atoms with van der Waals surface area (Å²) in [5, 5.41) is 2.83. The first-order valence-corrected chi connectivity index (χ1v) is 7.45. The lowest BCUT2D eigenvalue weighted by atomic mass is 10.1. The van der Waals surface area contributed by atoms with Crippen LogP contribution in [0.1, 0.15) is 24.8 Å². The van der Waals surface area contributed by atoms with Gasteiger partial charge >= 0.3 is 0 Å². The van der Waals surface area contributed by atoms with Crippen molar-refractivity contribution in [2.24, 2.45) is 5.92 Å². The van der Waals surface area contributed by atoms with E-state index >= 15 is 0 Å². The number of benzene rings is 1. The lowest BCUT2D eigenvalue weighted by molar-refractivity contribution is -0.134. The summed E-state index contributed by atoms with van der Waals surface area (Å²) in [6.45, 7) is 0.448. The highest BCUT2D eigenvalue weighted by Crippen LogP contribution is 2.34. The molecule has 0 radical (unpaired) electrons. The molecule has 1 N–H and O–H groups in total. The minimum atomic E-state index is -0.501. The average Bonchev–Trinajstić information content (AvgIpc) is 3.28. The predicted molar refractivity (Wildman–Crippen MR) is 76.1 cm³/mol. The van der Waals surface area contributed by atoms with Crippen LogP contribution in [0.5, 0.6) is 0 Å². The maximum Gasteiger partial charge on any atom is 0.245 e. The zero-order chi connectivity index (χ0) is 15.0. The van der Waals surface area contributed by atoms with Gasteiger partial charge in [0.25, 0.3) is 0 Å². The van der Waals surface area contributed by atoms with Gasteiger partial charge < -0.3 is 10.2 Å². The van der Waals surface area contributed by atoms with Crippen molar-refractivity contribution in [1.29, 1.82) is 0 Å². The van der Waals surface area contributed by atoms with E-state index < -0.39 is 11.9 Å². The molecule has 6 heteroatoms. The summed E-state index contributed by atoms with van der Waals surface area (Å²) in [4.78, 5) is 25.8. The Morgan fingerprint density at radius 2 is 2.10 bits per heavy atom. The second-order valence-corrected chi connectivity index (χ2v) is 6.01. The smallest absolute Gasteiger partial charge is 0.245 e. The molecule has 112 valence electrons. The summed E-state index contributed by atoms with van der Waals surface area (Å²) >= 11 is 5.77. The molecule has 1 saturated heterocycles. The fourth-order valence-electron chi connectivity index (χ4n) is 2.63. The fourth-order valence-corrected chi connectivity index (χ4v) is 2.83. The highest BCUT2D eigenvalue weighted by Gasteiger charge is 2.40. The van der Waals surface area contributed by atoms with Gasteiger partial charge in [0, 0.05) is 25.1 Å². The third-order valence-electron chi connectivity index (χ3n) is 3.99. The van der Waals surface area contributed by atoms with E-state index in [1.807, 2.05) is 0 Å². The van der Waals surface area contributed by atoms with Gasteiger partial charge in [-0.05, 0) is 24.8 Å². The molecule has 0 aromatic heterocycles. The van der Waals surface area contributed by atoms with Crippen LogP contribution in [-0.4, -0.2) is 29.3 Å². The van der Waals surface area contributed by atoms with Crippen LogP contribution in [0.3, 0.4) is 0 Å². The van der Waals surface area contributed by atoms with Crippen LogP contribution in [0.4, 0.5) is 4.39 Å². The van der Waals surface area contributed by atoms with Crippen LogP contribution < -0.4 is 5.32 Å². The van der Waals surface area contributed by atoms with E-state index in [1.54, 1.807) is 17.0 Å². The first kappa shape index (κ1) is 14.3. The Kier molecular flexibility index (Phi) is 3.85. The second-order valence-electron chi connectivity index (χ2n) is 5.61. The van der Waals surface area contributed by atoms with Crippen LogP contribution in [0.2, 0.25) is 5.02 Å². The number of halogens is 2. The zero-order valence-corrected chi connectivity index (χ0v) is 12.2. The second kappa shape index (κ2) is 5.64. The highest BCUT2D eigenvalue weighted by molar-refractivity contribution is 6.30. The van der Waals surface area contributed by atoms with E-state index in [4.69, 9.17) is 11.6 Å². The maximum absolute atomic E-state index is 14.0. The van der Waals surface area contributed by atoms with Crippen molar-refractivity contribution >= 4 is 23.4 Å². The predicted octanol–water partition coefficient (Wildman–Crippen LogP) is 2.11. The van der Waals surface area contributed by atoms with Crippen LogP contribution in [0, 0.1) is 11.7 Å². The summed E-state index contributed by atoms with van der Waals surface area (Å²) in [5.74, 6) is -0.512. The third-order valence-corrected chi connectivity index (χ3v) is 4.28. The van der Waals surface area contributed by atoms with Gasteiger partial charge in [0.2, 0.25) is 11.8 Å². The highest BCUT2D eigenvalue weighted by atomic mass is 35.5. The summed E-state index contributed by atoms with van der Waals surface area (Å²) in [7, 11) is 0. The summed E-state index contributed by atoms with van der Waals surface area (Å²) < 4.78 is 14.0. The Balaban J connectivity index is 1.81. The van der Waals surface area contributed by atoms with Gasteiger partial charge in [-0.1, -0.05) is 23.7 Å². The molecule has 1 aromatic carbocycles. The van der Waals surface area contributed by atoms with Crippen LogP contribution in [0.25, 0.3) is 0 Å². The number of nitrogens with zero attached hydrogens (tertiary/aromatic N) is 1. The number of rotatable bonds is 3. The maximum atomic E-state index is 14.0. The van der Waals surface area contributed by atoms with Crippen molar-refractivity contribution in [3.05, 3.63) is 34.6 Å². The number of hydrogen-bond acceptors (Lipinski definition) is 2. The standard InChI is InChI=1S/C15H16ClFN2O2/c16-11-3-1-2-10(13(11)17)8-19-7-6-12(20)18-14(15(19)21)9-4-5-9/h1-3,9,14H,4-8H2,(H,18,20). The molecule has 21 heavy (non-hydrogen) atoms. The Hall–Kier alpha value is -1.62. The van der Waals surface area contributed by atoms with Gasteiger partial charge in [0.05, 0.1) is 5.02 Å². The first-order chi connectivity index (χ1) is 10.1. The summed E-state index contributed by atoms with van der Waals surface area (Å²) in [5.41, 5.74) is 0.375. The number of carbonyl (C=O) groups is 2. The Bertz CT molecular complexity index is 589. The first-order valence-electron chi connectivity index (χ1n) is 7.07. The molecular weight excluding hydrogens is 295 g/mol. The molecule has 0 bridgehead atoms. The van der Waals surface area contributed by atoms with Gasteiger partial charge in [0.1, 0.15) is 11.9 Å². The van der Waals surface area contributed by atoms with Crippen molar-refractivity contribution < 1.29 is 14.0 Å². The average molecular weight is 311 g/mol.